The van der Waals surface area contributed by atoms with Crippen molar-refractivity contribution in [3.05, 3.63) is 48.0 Å². The van der Waals surface area contributed by atoms with Gasteiger partial charge in [-0.05, 0) is 35.7 Å². The Hall–Kier alpha value is -1.09. The van der Waals surface area contributed by atoms with Crippen LogP contribution in [0.15, 0.2) is 42.5 Å². The van der Waals surface area contributed by atoms with Crippen molar-refractivity contribution in [3.63, 3.8) is 0 Å². The monoisotopic (exact) mass is 276 g/mol. The summed E-state index contributed by atoms with van der Waals surface area (Å²) < 4.78 is 0. The van der Waals surface area contributed by atoms with Gasteiger partial charge in [-0.1, -0.05) is 42.5 Å². The van der Waals surface area contributed by atoms with E-state index in [-0.39, 0.29) is 12.4 Å². The number of likely N-dealkylation sites (tertiary alicyclic amines) is 1. The molecule has 0 aliphatic carbocycles. The highest BCUT2D eigenvalue weighted by atomic mass is 35.5. The fourth-order valence-corrected chi connectivity index (χ4v) is 2.91. The van der Waals surface area contributed by atoms with Crippen molar-refractivity contribution >= 4 is 23.2 Å². The summed E-state index contributed by atoms with van der Waals surface area (Å²) >= 11 is 0. The summed E-state index contributed by atoms with van der Waals surface area (Å²) in [6.45, 7) is 3.23. The van der Waals surface area contributed by atoms with Gasteiger partial charge < -0.3 is 5.73 Å². The number of rotatable bonds is 2. The van der Waals surface area contributed by atoms with E-state index < -0.39 is 0 Å². The second-order valence-corrected chi connectivity index (χ2v) is 5.28. The van der Waals surface area contributed by atoms with E-state index in [1.807, 2.05) is 0 Å². The predicted octanol–water partition coefficient (Wildman–Crippen LogP) is 3.18. The molecule has 0 spiro atoms. The first-order valence-electron chi connectivity index (χ1n) is 6.77. The van der Waals surface area contributed by atoms with Gasteiger partial charge >= 0.3 is 0 Å². The number of halogens is 1. The van der Waals surface area contributed by atoms with Gasteiger partial charge in [-0.3, -0.25) is 4.90 Å². The molecule has 1 atom stereocenters. The van der Waals surface area contributed by atoms with Crippen molar-refractivity contribution in [3.8, 4) is 0 Å². The average Bonchev–Trinajstić information content (AvgIpc) is 2.39. The lowest BCUT2D eigenvalue weighted by Crippen LogP contribution is -2.42. The van der Waals surface area contributed by atoms with E-state index in [1.54, 1.807) is 0 Å². The van der Waals surface area contributed by atoms with Crippen LogP contribution in [0.5, 0.6) is 0 Å². The molecule has 2 N–H and O–H groups in total. The highest BCUT2D eigenvalue weighted by molar-refractivity contribution is 5.85. The Bertz CT molecular complexity index is 536. The van der Waals surface area contributed by atoms with Crippen LogP contribution in [0.25, 0.3) is 10.8 Å². The quantitative estimate of drug-likeness (QED) is 0.913. The van der Waals surface area contributed by atoms with E-state index in [0.29, 0.717) is 6.04 Å². The molecule has 0 bridgehead atoms. The number of benzene rings is 2. The molecular weight excluding hydrogens is 256 g/mol. The molecule has 3 heteroatoms. The van der Waals surface area contributed by atoms with E-state index in [9.17, 15) is 0 Å². The molecule has 19 heavy (non-hydrogen) atoms. The smallest absolute Gasteiger partial charge is 0.0240 e. The molecule has 1 unspecified atom stereocenters. The van der Waals surface area contributed by atoms with Gasteiger partial charge in [-0.25, -0.2) is 0 Å². The SMILES string of the molecule is Cl.NC1CCCN(Cc2cccc3ccccc23)C1. The summed E-state index contributed by atoms with van der Waals surface area (Å²) in [5.41, 5.74) is 7.47. The van der Waals surface area contributed by atoms with Gasteiger partial charge in [-0.2, -0.15) is 0 Å². The maximum absolute atomic E-state index is 6.05. The van der Waals surface area contributed by atoms with Crippen LogP contribution in [-0.2, 0) is 6.54 Å². The molecule has 0 amide bonds. The molecule has 2 aromatic rings. The third-order valence-electron chi connectivity index (χ3n) is 3.82. The highest BCUT2D eigenvalue weighted by Gasteiger charge is 2.17. The first kappa shape index (κ1) is 14.3. The van der Waals surface area contributed by atoms with Gasteiger partial charge in [0.15, 0.2) is 0 Å². The van der Waals surface area contributed by atoms with Gasteiger partial charge in [-0.15, -0.1) is 12.4 Å². The molecule has 0 saturated carbocycles. The molecule has 1 fully saturated rings. The molecule has 0 aromatic heterocycles. The van der Waals surface area contributed by atoms with Crippen LogP contribution in [0.1, 0.15) is 18.4 Å². The Labute approximate surface area is 121 Å². The lowest BCUT2D eigenvalue weighted by atomic mass is 10.0. The van der Waals surface area contributed by atoms with Crippen molar-refractivity contribution in [2.45, 2.75) is 25.4 Å². The number of hydrogen-bond acceptors (Lipinski definition) is 2. The standard InChI is InChI=1S/C16H20N2.ClH/c17-15-8-4-10-18(12-15)11-14-7-3-6-13-5-1-2-9-16(13)14;/h1-3,5-7,9,15H,4,8,10-12,17H2;1H. The summed E-state index contributed by atoms with van der Waals surface area (Å²) in [5, 5.41) is 2.70. The van der Waals surface area contributed by atoms with Crippen LogP contribution in [0.4, 0.5) is 0 Å². The zero-order valence-electron chi connectivity index (χ0n) is 11.1. The second-order valence-electron chi connectivity index (χ2n) is 5.28. The molecule has 2 nitrogen and oxygen atoms in total. The summed E-state index contributed by atoms with van der Waals surface area (Å²) in [6.07, 6.45) is 2.40. The van der Waals surface area contributed by atoms with Crippen molar-refractivity contribution in [2.24, 2.45) is 5.73 Å². The molecular formula is C16H21ClN2. The lowest BCUT2D eigenvalue weighted by Gasteiger charge is -2.31. The minimum Gasteiger partial charge on any atom is -0.327 e. The maximum atomic E-state index is 6.05. The Morgan fingerprint density at radius 2 is 1.89 bits per heavy atom. The largest absolute Gasteiger partial charge is 0.327 e. The van der Waals surface area contributed by atoms with Crippen LogP contribution in [0.2, 0.25) is 0 Å². The molecule has 3 rings (SSSR count). The molecule has 0 radical (unpaired) electrons. The average molecular weight is 277 g/mol. The molecule has 102 valence electrons. The molecule has 1 saturated heterocycles. The number of fused-ring (bicyclic) bond motifs is 1. The van der Waals surface area contributed by atoms with Crippen LogP contribution in [0.3, 0.4) is 0 Å². The lowest BCUT2D eigenvalue weighted by molar-refractivity contribution is 0.202. The van der Waals surface area contributed by atoms with Gasteiger partial charge in [0, 0.05) is 19.1 Å². The first-order chi connectivity index (χ1) is 8.83. The van der Waals surface area contributed by atoms with Crippen molar-refractivity contribution in [1.82, 2.24) is 4.90 Å². The normalized spacial score (nSPS) is 20.2. The number of nitrogens with zero attached hydrogens (tertiary/aromatic N) is 1. The third kappa shape index (κ3) is 3.27. The van der Waals surface area contributed by atoms with Gasteiger partial charge in [0.05, 0.1) is 0 Å². The van der Waals surface area contributed by atoms with Gasteiger partial charge in [0.1, 0.15) is 0 Å². The van der Waals surface area contributed by atoms with Crippen molar-refractivity contribution < 1.29 is 0 Å². The number of hydrogen-bond donors (Lipinski definition) is 1. The molecule has 1 aliphatic heterocycles. The highest BCUT2D eigenvalue weighted by Crippen LogP contribution is 2.21. The zero-order valence-corrected chi connectivity index (χ0v) is 11.9. The Kier molecular flexibility index (Phi) is 4.81. The van der Waals surface area contributed by atoms with Crippen LogP contribution in [-0.4, -0.2) is 24.0 Å². The second kappa shape index (κ2) is 6.38. The van der Waals surface area contributed by atoms with E-state index in [4.69, 9.17) is 5.73 Å². The Morgan fingerprint density at radius 3 is 2.74 bits per heavy atom. The van der Waals surface area contributed by atoms with Crippen molar-refractivity contribution in [1.29, 1.82) is 0 Å². The fraction of sp³-hybridized carbons (Fsp3) is 0.375. The predicted molar refractivity (Wildman–Crippen MR) is 83.7 cm³/mol. The van der Waals surface area contributed by atoms with E-state index >= 15 is 0 Å². The maximum Gasteiger partial charge on any atom is 0.0240 e. The minimum atomic E-state index is 0. The van der Waals surface area contributed by atoms with Gasteiger partial charge in [0.2, 0.25) is 0 Å². The van der Waals surface area contributed by atoms with Crippen molar-refractivity contribution in [2.75, 3.05) is 13.1 Å². The summed E-state index contributed by atoms with van der Waals surface area (Å²) in [7, 11) is 0. The molecule has 1 aliphatic rings. The van der Waals surface area contributed by atoms with Crippen LogP contribution < -0.4 is 5.73 Å². The Balaban J connectivity index is 0.00000133. The van der Waals surface area contributed by atoms with Gasteiger partial charge in [0.25, 0.3) is 0 Å². The minimum absolute atomic E-state index is 0. The summed E-state index contributed by atoms with van der Waals surface area (Å²) in [5.74, 6) is 0. The topological polar surface area (TPSA) is 29.3 Å². The van der Waals surface area contributed by atoms with E-state index in [2.05, 4.69) is 47.4 Å². The molecule has 2 aromatic carbocycles. The number of nitrogens with two attached hydrogens (primary N) is 1. The third-order valence-corrected chi connectivity index (χ3v) is 3.82. The first-order valence-corrected chi connectivity index (χ1v) is 6.77. The summed E-state index contributed by atoms with van der Waals surface area (Å²) in [4.78, 5) is 2.48. The Morgan fingerprint density at radius 1 is 1.11 bits per heavy atom. The fourth-order valence-electron chi connectivity index (χ4n) is 2.91. The number of piperidine rings is 1. The van der Waals surface area contributed by atoms with Crippen LogP contribution >= 0.6 is 12.4 Å². The zero-order chi connectivity index (χ0) is 12.4. The summed E-state index contributed by atoms with van der Waals surface area (Å²) in [6, 6.07) is 15.5. The van der Waals surface area contributed by atoms with Crippen LogP contribution in [0, 0.1) is 0 Å². The van der Waals surface area contributed by atoms with E-state index in [0.717, 1.165) is 13.1 Å². The van der Waals surface area contributed by atoms with E-state index in [1.165, 1.54) is 35.7 Å². The molecule has 1 heterocycles.